The lowest BCUT2D eigenvalue weighted by atomic mass is 9.92. The first kappa shape index (κ1) is 22.0. The van der Waals surface area contributed by atoms with Crippen LogP contribution >= 0.6 is 0 Å². The summed E-state index contributed by atoms with van der Waals surface area (Å²) >= 11 is 0. The zero-order chi connectivity index (χ0) is 19.4. The van der Waals surface area contributed by atoms with Gasteiger partial charge < -0.3 is 25.8 Å². The van der Waals surface area contributed by atoms with Crippen LogP contribution in [0.2, 0.25) is 0 Å². The summed E-state index contributed by atoms with van der Waals surface area (Å²) in [6.45, 7) is 6.52. The van der Waals surface area contributed by atoms with Gasteiger partial charge in [0.05, 0.1) is 12.0 Å². The Bertz CT molecular complexity index is 643. The molecule has 1 heterocycles. The maximum Gasteiger partial charge on any atom is 0.404 e. The fourth-order valence-corrected chi connectivity index (χ4v) is 1.91. The highest BCUT2D eigenvalue weighted by Crippen LogP contribution is 2.26. The number of nitrogens with one attached hydrogen (secondary N) is 3. The van der Waals surface area contributed by atoms with Crippen molar-refractivity contribution in [1.29, 1.82) is 0 Å². The molecule has 0 saturated carbocycles. The van der Waals surface area contributed by atoms with Crippen molar-refractivity contribution in [3.05, 3.63) is 53.1 Å². The molecule has 2 amide bonds. The van der Waals surface area contributed by atoms with Crippen molar-refractivity contribution in [2.75, 3.05) is 14.1 Å². The van der Waals surface area contributed by atoms with Crippen LogP contribution in [0, 0.1) is 13.8 Å². The number of amides is 2. The second-order valence-corrected chi connectivity index (χ2v) is 5.12. The lowest BCUT2D eigenvalue weighted by Crippen LogP contribution is -2.13. The van der Waals surface area contributed by atoms with Crippen molar-refractivity contribution in [3.63, 3.8) is 0 Å². The summed E-state index contributed by atoms with van der Waals surface area (Å²) in [5.41, 5.74) is 5.17. The Balaban J connectivity index is 0.000000480. The van der Waals surface area contributed by atoms with E-state index in [-0.39, 0.29) is 0 Å². The van der Waals surface area contributed by atoms with E-state index in [0.717, 1.165) is 5.69 Å². The van der Waals surface area contributed by atoms with Gasteiger partial charge in [0.1, 0.15) is 0 Å². The third-order valence-electron chi connectivity index (χ3n) is 3.50. The average Bonchev–Trinajstić information content (AvgIpc) is 3.12. The predicted molar refractivity (Wildman–Crippen MR) is 96.2 cm³/mol. The molecule has 0 fully saturated rings. The third kappa shape index (κ3) is 8.40. The van der Waals surface area contributed by atoms with Crippen LogP contribution in [0.4, 0.5) is 9.59 Å². The number of benzene rings is 1. The van der Waals surface area contributed by atoms with Crippen molar-refractivity contribution in [2.45, 2.75) is 26.7 Å². The Kier molecular flexibility index (Phi) is 10.1. The summed E-state index contributed by atoms with van der Waals surface area (Å²) < 4.78 is 0. The highest BCUT2D eigenvalue weighted by Gasteiger charge is 2.12. The number of hydrogen-bond acceptors (Lipinski definition) is 3. The van der Waals surface area contributed by atoms with E-state index in [1.165, 1.54) is 30.8 Å². The van der Waals surface area contributed by atoms with E-state index in [0.29, 0.717) is 5.92 Å². The van der Waals surface area contributed by atoms with E-state index >= 15 is 0 Å². The van der Waals surface area contributed by atoms with Gasteiger partial charge in [0.2, 0.25) is 0 Å². The minimum absolute atomic E-state index is 0.358. The van der Waals surface area contributed by atoms with Gasteiger partial charge in [-0.3, -0.25) is 0 Å². The Labute approximate surface area is 147 Å². The summed E-state index contributed by atoms with van der Waals surface area (Å²) in [4.78, 5) is 25.8. The number of aryl methyl sites for hydroxylation is 1. The van der Waals surface area contributed by atoms with Gasteiger partial charge in [-0.1, -0.05) is 25.1 Å². The lowest BCUT2D eigenvalue weighted by molar-refractivity contribution is 0.196. The van der Waals surface area contributed by atoms with E-state index < -0.39 is 12.2 Å². The Morgan fingerprint density at radius 2 is 1.64 bits per heavy atom. The summed E-state index contributed by atoms with van der Waals surface area (Å²) in [5, 5.41) is 19.1. The molecule has 1 aromatic heterocycles. The van der Waals surface area contributed by atoms with Gasteiger partial charge in [-0.15, -0.1) is 0 Å². The van der Waals surface area contributed by atoms with E-state index in [4.69, 9.17) is 10.2 Å². The van der Waals surface area contributed by atoms with Gasteiger partial charge in [-0.2, -0.15) is 0 Å². The van der Waals surface area contributed by atoms with E-state index in [2.05, 4.69) is 48.9 Å². The minimum atomic E-state index is -0.995. The first-order chi connectivity index (χ1) is 11.7. The predicted octanol–water partition coefficient (Wildman–Crippen LogP) is 2.95. The number of nitrogens with zero attached hydrogens (tertiary/aromatic N) is 1. The Morgan fingerprint density at radius 3 is 2.04 bits per heavy atom. The first-order valence-electron chi connectivity index (χ1n) is 7.60. The maximum atomic E-state index is 9.26. The third-order valence-corrected chi connectivity index (χ3v) is 3.50. The summed E-state index contributed by atoms with van der Waals surface area (Å²) in [7, 11) is 2.70. The molecule has 0 unspecified atom stereocenters. The van der Waals surface area contributed by atoms with Gasteiger partial charge in [0, 0.05) is 26.2 Å². The molecule has 8 nitrogen and oxygen atoms in total. The molecule has 25 heavy (non-hydrogen) atoms. The molecule has 5 N–H and O–H groups in total. The highest BCUT2D eigenvalue weighted by atomic mass is 16.4. The zero-order valence-electron chi connectivity index (χ0n) is 15.1. The van der Waals surface area contributed by atoms with Crippen molar-refractivity contribution in [3.8, 4) is 0 Å². The van der Waals surface area contributed by atoms with Crippen molar-refractivity contribution < 1.29 is 19.8 Å². The largest absolute Gasteiger partial charge is 0.465 e. The molecule has 0 spiro atoms. The number of hydrogen-bond donors (Lipinski definition) is 5. The van der Waals surface area contributed by atoms with Crippen molar-refractivity contribution in [1.82, 2.24) is 20.6 Å². The molecule has 0 aliphatic carbocycles. The second-order valence-electron chi connectivity index (χ2n) is 5.12. The van der Waals surface area contributed by atoms with Crippen LogP contribution in [0.15, 0.2) is 30.7 Å². The molecule has 0 bridgehead atoms. The quantitative estimate of drug-likeness (QED) is 0.569. The molecule has 0 radical (unpaired) electrons. The van der Waals surface area contributed by atoms with Gasteiger partial charge in [0.25, 0.3) is 0 Å². The fourth-order valence-electron chi connectivity index (χ4n) is 1.91. The number of rotatable bonds is 2. The summed E-state index contributed by atoms with van der Waals surface area (Å²) in [6.07, 6.45) is 1.71. The molecule has 2 rings (SSSR count). The second kappa shape index (κ2) is 11.5. The number of carboxylic acid groups (broad SMARTS) is 2. The van der Waals surface area contributed by atoms with Crippen LogP contribution in [0.1, 0.15) is 35.2 Å². The van der Waals surface area contributed by atoms with E-state index in [9.17, 15) is 9.59 Å². The fraction of sp³-hybridized carbons (Fsp3) is 0.353. The number of H-pyrrole nitrogens is 1. The van der Waals surface area contributed by atoms with Crippen LogP contribution < -0.4 is 10.6 Å². The van der Waals surface area contributed by atoms with Crippen LogP contribution in [0.25, 0.3) is 0 Å². The molecule has 0 saturated heterocycles. The topological polar surface area (TPSA) is 127 Å². The summed E-state index contributed by atoms with van der Waals surface area (Å²) in [5.74, 6) is 0.358. The van der Waals surface area contributed by atoms with Crippen molar-refractivity contribution >= 4 is 12.2 Å². The average molecular weight is 350 g/mol. The van der Waals surface area contributed by atoms with Gasteiger partial charge in [-0.05, 0) is 30.5 Å². The number of aromatic nitrogens is 2. The molecule has 8 heteroatoms. The molecular weight excluding hydrogens is 324 g/mol. The normalized spacial score (nSPS) is 10.3. The van der Waals surface area contributed by atoms with Crippen molar-refractivity contribution in [2.24, 2.45) is 0 Å². The number of carbonyl (C=O) groups is 2. The molecule has 0 aliphatic heterocycles. The van der Waals surface area contributed by atoms with E-state index in [1.807, 2.05) is 16.8 Å². The molecule has 138 valence electrons. The van der Waals surface area contributed by atoms with Gasteiger partial charge in [0.15, 0.2) is 0 Å². The summed E-state index contributed by atoms with van der Waals surface area (Å²) in [6, 6.07) is 6.44. The molecular formula is C17H26N4O4. The van der Waals surface area contributed by atoms with E-state index in [1.54, 1.807) is 6.33 Å². The van der Waals surface area contributed by atoms with Crippen LogP contribution in [-0.2, 0) is 0 Å². The smallest absolute Gasteiger partial charge is 0.404 e. The number of imidazole rings is 1. The monoisotopic (exact) mass is 350 g/mol. The Hall–Kier alpha value is -3.03. The SMILES string of the molecule is CNC(=O)O.CNC(=O)O.Cc1cccc([C@H](C)c2c[nH]cn2)c1C. The van der Waals surface area contributed by atoms with Gasteiger partial charge >= 0.3 is 12.2 Å². The maximum absolute atomic E-state index is 9.26. The highest BCUT2D eigenvalue weighted by molar-refractivity contribution is 5.64. The molecule has 0 aliphatic rings. The minimum Gasteiger partial charge on any atom is -0.465 e. The van der Waals surface area contributed by atoms with Crippen LogP contribution in [-0.4, -0.2) is 46.5 Å². The van der Waals surface area contributed by atoms with Crippen LogP contribution in [0.5, 0.6) is 0 Å². The zero-order valence-corrected chi connectivity index (χ0v) is 15.1. The van der Waals surface area contributed by atoms with Gasteiger partial charge in [-0.25, -0.2) is 14.6 Å². The molecule has 2 aromatic rings. The lowest BCUT2D eigenvalue weighted by Gasteiger charge is -2.14. The number of aromatic amines is 1. The molecule has 1 atom stereocenters. The standard InChI is InChI=1S/C13H16N2.2C2H5NO2/c1-9-5-4-6-12(10(9)2)11(3)13-7-14-8-15-13;2*1-3-2(4)5/h4-8,11H,1-3H3,(H,14,15);2*3H,1H3,(H,4,5)/t11-;;/m0../s1. The Morgan fingerprint density at radius 1 is 1.12 bits per heavy atom. The molecule has 1 aromatic carbocycles. The first-order valence-corrected chi connectivity index (χ1v) is 7.60. The van der Waals surface area contributed by atoms with Crippen LogP contribution in [0.3, 0.4) is 0 Å².